The second-order valence-corrected chi connectivity index (χ2v) is 6.49. The zero-order valence-corrected chi connectivity index (χ0v) is 15.2. The molecule has 2 rings (SSSR count). The van der Waals surface area contributed by atoms with Crippen molar-refractivity contribution in [3.05, 3.63) is 18.2 Å². The van der Waals surface area contributed by atoms with Gasteiger partial charge in [-0.05, 0) is 51.1 Å². The number of rotatable bonds is 8. The third-order valence-electron chi connectivity index (χ3n) is 4.55. The van der Waals surface area contributed by atoms with E-state index in [1.807, 2.05) is 7.05 Å². The molecule has 2 amide bonds. The molecule has 0 saturated heterocycles. The van der Waals surface area contributed by atoms with Gasteiger partial charge in [0.25, 0.3) is 0 Å². The summed E-state index contributed by atoms with van der Waals surface area (Å²) in [6, 6.07) is 5.31. The molecular weight excluding hydrogens is 318 g/mol. The Hall–Kier alpha value is -2.08. The highest BCUT2D eigenvalue weighted by Gasteiger charge is 2.22. The molecule has 1 fully saturated rings. The molecule has 138 valence electrons. The highest BCUT2D eigenvalue weighted by Crippen LogP contribution is 2.30. The Morgan fingerprint density at radius 1 is 1.16 bits per heavy atom. The summed E-state index contributed by atoms with van der Waals surface area (Å²) in [5, 5.41) is 8.86. The van der Waals surface area contributed by atoms with Crippen LogP contribution in [0.4, 0.5) is 11.4 Å². The lowest BCUT2D eigenvalue weighted by Crippen LogP contribution is -2.25. The molecule has 0 heterocycles. The topological polar surface area (TPSA) is 79.5 Å². The molecule has 0 aromatic heterocycles. The first-order valence-electron chi connectivity index (χ1n) is 9.07. The Kier molecular flexibility index (Phi) is 7.73. The molecule has 1 aliphatic carbocycles. The van der Waals surface area contributed by atoms with Crippen molar-refractivity contribution in [2.45, 2.75) is 44.9 Å². The van der Waals surface area contributed by atoms with Gasteiger partial charge in [0.05, 0.1) is 12.8 Å². The number of ether oxygens (including phenoxy) is 1. The minimum atomic E-state index is -0.0371. The van der Waals surface area contributed by atoms with Crippen LogP contribution in [0.3, 0.4) is 0 Å². The van der Waals surface area contributed by atoms with E-state index >= 15 is 0 Å². The molecule has 1 aromatic rings. The number of methoxy groups -OCH3 is 1. The van der Waals surface area contributed by atoms with Crippen molar-refractivity contribution in [3.8, 4) is 5.75 Å². The summed E-state index contributed by atoms with van der Waals surface area (Å²) in [4.78, 5) is 24.4. The van der Waals surface area contributed by atoms with E-state index in [0.717, 1.165) is 38.6 Å². The molecule has 0 atom stereocenters. The molecule has 0 spiro atoms. The summed E-state index contributed by atoms with van der Waals surface area (Å²) < 4.78 is 5.34. The van der Waals surface area contributed by atoms with Crippen LogP contribution in [0.25, 0.3) is 0 Å². The highest BCUT2D eigenvalue weighted by molar-refractivity contribution is 5.96. The molecule has 0 aliphatic heterocycles. The van der Waals surface area contributed by atoms with Gasteiger partial charge in [0, 0.05) is 18.0 Å². The van der Waals surface area contributed by atoms with Crippen LogP contribution in [0.15, 0.2) is 18.2 Å². The van der Waals surface area contributed by atoms with Crippen molar-refractivity contribution in [1.82, 2.24) is 5.32 Å². The van der Waals surface area contributed by atoms with E-state index < -0.39 is 0 Å². The van der Waals surface area contributed by atoms with Gasteiger partial charge < -0.3 is 20.7 Å². The van der Waals surface area contributed by atoms with Gasteiger partial charge in [-0.25, -0.2) is 0 Å². The zero-order chi connectivity index (χ0) is 18.1. The van der Waals surface area contributed by atoms with Crippen LogP contribution < -0.4 is 20.7 Å². The summed E-state index contributed by atoms with van der Waals surface area (Å²) in [7, 11) is 3.43. The van der Waals surface area contributed by atoms with E-state index in [0.29, 0.717) is 23.5 Å². The fourth-order valence-electron chi connectivity index (χ4n) is 3.13. The van der Waals surface area contributed by atoms with E-state index in [9.17, 15) is 9.59 Å². The van der Waals surface area contributed by atoms with E-state index in [-0.39, 0.29) is 17.7 Å². The van der Waals surface area contributed by atoms with Crippen molar-refractivity contribution in [3.63, 3.8) is 0 Å². The summed E-state index contributed by atoms with van der Waals surface area (Å²) in [6.07, 6.45) is 6.55. The number of benzene rings is 1. The predicted octanol–water partition coefficient (Wildman–Crippen LogP) is 3.15. The van der Waals surface area contributed by atoms with Crippen LogP contribution in [-0.2, 0) is 9.59 Å². The van der Waals surface area contributed by atoms with Gasteiger partial charge >= 0.3 is 0 Å². The van der Waals surface area contributed by atoms with E-state index in [4.69, 9.17) is 4.74 Å². The summed E-state index contributed by atoms with van der Waals surface area (Å²) >= 11 is 0. The van der Waals surface area contributed by atoms with Gasteiger partial charge in [-0.15, -0.1) is 0 Å². The average molecular weight is 347 g/mol. The Morgan fingerprint density at radius 3 is 2.60 bits per heavy atom. The minimum absolute atomic E-state index is 0.0371. The second-order valence-electron chi connectivity index (χ2n) is 6.49. The quantitative estimate of drug-likeness (QED) is 0.631. The number of carbonyl (C=O) groups is 2. The van der Waals surface area contributed by atoms with Crippen molar-refractivity contribution < 1.29 is 14.3 Å². The molecule has 0 unspecified atom stereocenters. The monoisotopic (exact) mass is 347 g/mol. The molecule has 1 aromatic carbocycles. The fourth-order valence-corrected chi connectivity index (χ4v) is 3.13. The summed E-state index contributed by atoms with van der Waals surface area (Å²) in [5.74, 6) is 0.663. The first kappa shape index (κ1) is 19.2. The second kappa shape index (κ2) is 10.0. The lowest BCUT2D eigenvalue weighted by Gasteiger charge is -2.21. The molecular formula is C19H29N3O3. The van der Waals surface area contributed by atoms with E-state index in [1.165, 1.54) is 6.42 Å². The maximum absolute atomic E-state index is 12.5. The molecule has 1 aliphatic rings. The third kappa shape index (κ3) is 6.05. The van der Waals surface area contributed by atoms with Crippen molar-refractivity contribution >= 4 is 23.2 Å². The van der Waals surface area contributed by atoms with Gasteiger partial charge in [0.2, 0.25) is 11.8 Å². The lowest BCUT2D eigenvalue weighted by atomic mass is 9.88. The average Bonchev–Trinajstić information content (AvgIpc) is 2.63. The SMILES string of the molecule is CNCCCC(=O)Nc1ccc(OC)c(NC(=O)C2CCCCC2)c1. The smallest absolute Gasteiger partial charge is 0.227 e. The maximum Gasteiger partial charge on any atom is 0.227 e. The van der Waals surface area contributed by atoms with Crippen LogP contribution in [-0.4, -0.2) is 32.5 Å². The Balaban J connectivity index is 2.00. The number of anilines is 2. The number of hydrogen-bond acceptors (Lipinski definition) is 4. The number of hydrogen-bond donors (Lipinski definition) is 3. The third-order valence-corrected chi connectivity index (χ3v) is 4.55. The maximum atomic E-state index is 12.5. The summed E-state index contributed by atoms with van der Waals surface area (Å²) in [5.41, 5.74) is 1.26. The first-order valence-corrected chi connectivity index (χ1v) is 9.07. The predicted molar refractivity (Wildman–Crippen MR) is 100.0 cm³/mol. The van der Waals surface area contributed by atoms with Crippen LogP contribution in [0.2, 0.25) is 0 Å². The van der Waals surface area contributed by atoms with Crippen molar-refractivity contribution in [2.75, 3.05) is 31.3 Å². The number of nitrogens with one attached hydrogen (secondary N) is 3. The lowest BCUT2D eigenvalue weighted by molar-refractivity contribution is -0.120. The number of carbonyl (C=O) groups excluding carboxylic acids is 2. The molecule has 25 heavy (non-hydrogen) atoms. The van der Waals surface area contributed by atoms with Crippen molar-refractivity contribution in [1.29, 1.82) is 0 Å². The molecule has 3 N–H and O–H groups in total. The van der Waals surface area contributed by atoms with Crippen LogP contribution in [0.1, 0.15) is 44.9 Å². The van der Waals surface area contributed by atoms with Gasteiger partial charge in [-0.3, -0.25) is 9.59 Å². The fraction of sp³-hybridized carbons (Fsp3) is 0.579. The van der Waals surface area contributed by atoms with Crippen LogP contribution >= 0.6 is 0 Å². The normalized spacial score (nSPS) is 14.8. The minimum Gasteiger partial charge on any atom is -0.495 e. The van der Waals surface area contributed by atoms with E-state index in [2.05, 4.69) is 16.0 Å². The molecule has 6 nitrogen and oxygen atoms in total. The molecule has 0 bridgehead atoms. The van der Waals surface area contributed by atoms with Crippen LogP contribution in [0.5, 0.6) is 5.75 Å². The molecule has 6 heteroatoms. The van der Waals surface area contributed by atoms with Crippen LogP contribution in [0, 0.1) is 5.92 Å². The van der Waals surface area contributed by atoms with Gasteiger partial charge in [-0.2, -0.15) is 0 Å². The van der Waals surface area contributed by atoms with Gasteiger partial charge in [0.15, 0.2) is 0 Å². The summed E-state index contributed by atoms with van der Waals surface area (Å²) in [6.45, 7) is 0.804. The first-order chi connectivity index (χ1) is 12.1. The largest absolute Gasteiger partial charge is 0.495 e. The Bertz CT molecular complexity index is 583. The number of amides is 2. The van der Waals surface area contributed by atoms with Gasteiger partial charge in [0.1, 0.15) is 5.75 Å². The molecule has 0 radical (unpaired) electrons. The van der Waals surface area contributed by atoms with Crippen molar-refractivity contribution in [2.24, 2.45) is 5.92 Å². The molecule has 1 saturated carbocycles. The Labute approximate surface area is 149 Å². The Morgan fingerprint density at radius 2 is 1.92 bits per heavy atom. The van der Waals surface area contributed by atoms with Gasteiger partial charge in [-0.1, -0.05) is 19.3 Å². The zero-order valence-electron chi connectivity index (χ0n) is 15.2. The standard InChI is InChI=1S/C19H29N3O3/c1-20-12-6-9-18(23)21-15-10-11-17(25-2)16(13-15)22-19(24)14-7-4-3-5-8-14/h10-11,13-14,20H,3-9,12H2,1-2H3,(H,21,23)(H,22,24). The highest BCUT2D eigenvalue weighted by atomic mass is 16.5. The van der Waals surface area contributed by atoms with E-state index in [1.54, 1.807) is 25.3 Å².